The molecule has 0 unspecified atom stereocenters. The van der Waals surface area contributed by atoms with E-state index in [1.807, 2.05) is 32.4 Å². The van der Waals surface area contributed by atoms with Crippen LogP contribution in [0.4, 0.5) is 17.1 Å². The zero-order valence-corrected chi connectivity index (χ0v) is 17.1. The molecule has 6 heteroatoms. The average Bonchev–Trinajstić information content (AvgIpc) is 2.67. The van der Waals surface area contributed by atoms with Gasteiger partial charge in [-0.15, -0.1) is 25.3 Å². The fourth-order valence-corrected chi connectivity index (χ4v) is 3.43. The molecule has 26 heavy (non-hydrogen) atoms. The van der Waals surface area contributed by atoms with Gasteiger partial charge in [-0.05, 0) is 42.0 Å². The number of rotatable bonds is 5. The highest BCUT2D eigenvalue weighted by Crippen LogP contribution is 2.20. The van der Waals surface area contributed by atoms with Crippen molar-refractivity contribution in [3.63, 3.8) is 0 Å². The van der Waals surface area contributed by atoms with Crippen molar-refractivity contribution in [1.82, 2.24) is 4.90 Å². The lowest BCUT2D eigenvalue weighted by Crippen LogP contribution is -2.47. The second-order valence-electron chi connectivity index (χ2n) is 6.63. The molecule has 1 aliphatic rings. The minimum atomic E-state index is 0.0301. The summed E-state index contributed by atoms with van der Waals surface area (Å²) in [6, 6.07) is 16.8. The number of piperazine rings is 1. The van der Waals surface area contributed by atoms with Gasteiger partial charge in [-0.3, -0.25) is 9.89 Å². The van der Waals surface area contributed by atoms with Crippen LogP contribution >= 0.6 is 25.3 Å². The van der Waals surface area contributed by atoms with E-state index in [9.17, 15) is 0 Å². The molecule has 0 spiro atoms. The van der Waals surface area contributed by atoms with Gasteiger partial charge in [0.25, 0.3) is 0 Å². The van der Waals surface area contributed by atoms with E-state index in [0.29, 0.717) is 0 Å². The van der Waals surface area contributed by atoms with Crippen LogP contribution in [0.2, 0.25) is 0 Å². The minimum Gasteiger partial charge on any atom is -0.378 e. The number of hydrogen-bond acceptors (Lipinski definition) is 6. The highest BCUT2D eigenvalue weighted by Gasteiger charge is 2.19. The van der Waals surface area contributed by atoms with E-state index in [0.717, 1.165) is 37.4 Å². The third-order valence-corrected chi connectivity index (χ3v) is 5.28. The number of nitrogens with zero attached hydrogens (tertiary/aromatic N) is 4. The molecule has 0 aliphatic carbocycles. The highest BCUT2D eigenvalue weighted by atomic mass is 32.2. The Labute approximate surface area is 167 Å². The van der Waals surface area contributed by atoms with Gasteiger partial charge in [0, 0.05) is 57.9 Å². The summed E-state index contributed by atoms with van der Waals surface area (Å²) in [7, 11) is 4.07. The van der Waals surface area contributed by atoms with Crippen molar-refractivity contribution in [2.45, 2.75) is 4.71 Å². The largest absolute Gasteiger partial charge is 0.378 e. The molecule has 0 N–H and O–H groups in total. The van der Waals surface area contributed by atoms with E-state index in [-0.39, 0.29) is 4.71 Å². The Hall–Kier alpha value is -1.63. The summed E-state index contributed by atoms with van der Waals surface area (Å²) in [4.78, 5) is 11.3. The third-order valence-electron chi connectivity index (χ3n) is 4.63. The monoisotopic (exact) mass is 386 g/mol. The molecule has 0 radical (unpaired) electrons. The molecule has 2 aromatic carbocycles. The normalized spacial score (nSPS) is 15.8. The minimum absolute atomic E-state index is 0.0301. The molecule has 1 fully saturated rings. The predicted octanol–water partition coefficient (Wildman–Crippen LogP) is 3.77. The summed E-state index contributed by atoms with van der Waals surface area (Å²) in [5.41, 5.74) is 4.50. The van der Waals surface area contributed by atoms with E-state index in [2.05, 4.69) is 81.3 Å². The van der Waals surface area contributed by atoms with E-state index in [1.54, 1.807) is 0 Å². The Bertz CT molecular complexity index is 718. The Balaban J connectivity index is 1.59. The van der Waals surface area contributed by atoms with Crippen LogP contribution in [0, 0.1) is 0 Å². The number of thiol groups is 2. The second kappa shape index (κ2) is 8.84. The van der Waals surface area contributed by atoms with Crippen molar-refractivity contribution in [2.24, 2.45) is 4.99 Å². The molecule has 138 valence electrons. The SMILES string of the molecule is CN(C)c1ccc(N=Cc2ccc(N3CCN(C(S)S)CC3)cc2)cc1. The first-order chi connectivity index (χ1) is 12.5. The summed E-state index contributed by atoms with van der Waals surface area (Å²) < 4.78 is 0.0301. The number of anilines is 2. The molecule has 3 rings (SSSR count). The van der Waals surface area contributed by atoms with E-state index in [4.69, 9.17) is 0 Å². The van der Waals surface area contributed by atoms with Crippen molar-refractivity contribution in [3.05, 3.63) is 54.1 Å². The molecule has 4 nitrogen and oxygen atoms in total. The van der Waals surface area contributed by atoms with E-state index < -0.39 is 0 Å². The predicted molar refractivity (Wildman–Crippen MR) is 120 cm³/mol. The van der Waals surface area contributed by atoms with Gasteiger partial charge in [0.15, 0.2) is 0 Å². The fraction of sp³-hybridized carbons (Fsp3) is 0.350. The zero-order chi connectivity index (χ0) is 18.5. The van der Waals surface area contributed by atoms with Gasteiger partial charge >= 0.3 is 0 Å². The molecule has 1 heterocycles. The molecule has 1 saturated heterocycles. The van der Waals surface area contributed by atoms with Gasteiger partial charge < -0.3 is 9.80 Å². The molecule has 0 saturated carbocycles. The van der Waals surface area contributed by atoms with Gasteiger partial charge in [0.1, 0.15) is 0 Å². The molecule has 0 amide bonds. The highest BCUT2D eigenvalue weighted by molar-refractivity contribution is 7.99. The first-order valence-corrected chi connectivity index (χ1v) is 9.83. The molecule has 0 bridgehead atoms. The fourth-order valence-electron chi connectivity index (χ4n) is 2.97. The lowest BCUT2D eigenvalue weighted by molar-refractivity contribution is 0.287. The Morgan fingerprint density at radius 3 is 2.08 bits per heavy atom. The van der Waals surface area contributed by atoms with E-state index in [1.165, 1.54) is 11.4 Å². The molecule has 0 aromatic heterocycles. The molecule has 1 aliphatic heterocycles. The third kappa shape index (κ3) is 4.96. The van der Waals surface area contributed by atoms with Crippen molar-refractivity contribution in [2.75, 3.05) is 50.1 Å². The smallest absolute Gasteiger partial charge is 0.0970 e. The van der Waals surface area contributed by atoms with Gasteiger partial charge in [-0.2, -0.15) is 0 Å². The molecule has 2 aromatic rings. The maximum absolute atomic E-state index is 4.57. The first-order valence-electron chi connectivity index (χ1n) is 8.79. The molecule has 0 atom stereocenters. The Morgan fingerprint density at radius 1 is 0.923 bits per heavy atom. The molecular weight excluding hydrogens is 360 g/mol. The van der Waals surface area contributed by atoms with Crippen LogP contribution in [-0.2, 0) is 0 Å². The molecular formula is C20H26N4S2. The van der Waals surface area contributed by atoms with Gasteiger partial charge in [-0.25, -0.2) is 0 Å². The quantitative estimate of drug-likeness (QED) is 0.464. The lowest BCUT2D eigenvalue weighted by Gasteiger charge is -2.37. The summed E-state index contributed by atoms with van der Waals surface area (Å²) in [5, 5.41) is 0. The number of hydrogen-bond donors (Lipinski definition) is 2. The zero-order valence-electron chi connectivity index (χ0n) is 15.3. The van der Waals surface area contributed by atoms with Crippen LogP contribution in [-0.4, -0.2) is 56.1 Å². The Kier molecular flexibility index (Phi) is 6.51. The lowest BCUT2D eigenvalue weighted by atomic mass is 10.2. The topological polar surface area (TPSA) is 22.1 Å². The Morgan fingerprint density at radius 2 is 1.54 bits per heavy atom. The average molecular weight is 387 g/mol. The first kappa shape index (κ1) is 19.1. The summed E-state index contributed by atoms with van der Waals surface area (Å²) in [5.74, 6) is 0. The van der Waals surface area contributed by atoms with Crippen LogP contribution in [0.25, 0.3) is 0 Å². The van der Waals surface area contributed by atoms with Crippen LogP contribution in [0.3, 0.4) is 0 Å². The maximum atomic E-state index is 4.57. The van der Waals surface area contributed by atoms with Crippen molar-refractivity contribution >= 4 is 48.5 Å². The van der Waals surface area contributed by atoms with Crippen molar-refractivity contribution in [3.8, 4) is 0 Å². The van der Waals surface area contributed by atoms with Crippen molar-refractivity contribution < 1.29 is 0 Å². The summed E-state index contributed by atoms with van der Waals surface area (Å²) in [6.07, 6.45) is 1.92. The van der Waals surface area contributed by atoms with Gasteiger partial charge in [0.05, 0.1) is 10.4 Å². The number of benzene rings is 2. The van der Waals surface area contributed by atoms with Gasteiger partial charge in [0.2, 0.25) is 0 Å². The maximum Gasteiger partial charge on any atom is 0.0970 e. The van der Waals surface area contributed by atoms with Crippen LogP contribution < -0.4 is 9.80 Å². The van der Waals surface area contributed by atoms with Crippen LogP contribution in [0.15, 0.2) is 53.5 Å². The van der Waals surface area contributed by atoms with E-state index >= 15 is 0 Å². The summed E-state index contributed by atoms with van der Waals surface area (Å²) in [6.45, 7) is 3.99. The van der Waals surface area contributed by atoms with Crippen LogP contribution in [0.1, 0.15) is 5.56 Å². The van der Waals surface area contributed by atoms with Crippen LogP contribution in [0.5, 0.6) is 0 Å². The number of aliphatic imine (C=N–C) groups is 1. The second-order valence-corrected chi connectivity index (χ2v) is 8.02. The standard InChI is InChI=1S/C20H26N4S2/c1-22(2)18-9-5-17(6-10-18)21-15-16-3-7-19(8-4-16)23-11-13-24(14-12-23)20(25)26/h3-10,15,20,25-26H,11-14H2,1-2H3. The van der Waals surface area contributed by atoms with Gasteiger partial charge in [-0.1, -0.05) is 12.1 Å². The summed E-state index contributed by atoms with van der Waals surface area (Å²) >= 11 is 8.79. The van der Waals surface area contributed by atoms with Crippen molar-refractivity contribution in [1.29, 1.82) is 0 Å².